The molecule has 0 N–H and O–H groups in total. The molecular weight excluding hydrogens is 186 g/mol. The zero-order valence-corrected chi connectivity index (χ0v) is 8.31. The summed E-state index contributed by atoms with van der Waals surface area (Å²) in [6.45, 7) is 1.86. The Kier molecular flexibility index (Phi) is 2.42. The standard InChI is InChI=1S/C12H9N3/c1-9-7-11(8-13)15-12(14-9)10-5-3-2-4-6-10/h2-7H,1H3. The van der Waals surface area contributed by atoms with Gasteiger partial charge in [0.05, 0.1) is 0 Å². The Labute approximate surface area is 88.1 Å². The first-order valence-electron chi connectivity index (χ1n) is 4.61. The van der Waals surface area contributed by atoms with Crippen molar-refractivity contribution in [1.82, 2.24) is 9.97 Å². The zero-order chi connectivity index (χ0) is 10.7. The van der Waals surface area contributed by atoms with Crippen LogP contribution in [0.2, 0.25) is 0 Å². The van der Waals surface area contributed by atoms with E-state index in [0.717, 1.165) is 11.3 Å². The van der Waals surface area contributed by atoms with Crippen LogP contribution in [-0.4, -0.2) is 9.97 Å². The number of nitrogens with zero attached hydrogens (tertiary/aromatic N) is 3. The van der Waals surface area contributed by atoms with E-state index in [4.69, 9.17) is 5.26 Å². The fraction of sp³-hybridized carbons (Fsp3) is 0.0833. The van der Waals surface area contributed by atoms with Gasteiger partial charge in [-0.05, 0) is 13.0 Å². The molecular formula is C12H9N3. The molecule has 0 spiro atoms. The summed E-state index contributed by atoms with van der Waals surface area (Å²) in [4.78, 5) is 8.44. The number of aromatic nitrogens is 2. The van der Waals surface area contributed by atoms with Crippen molar-refractivity contribution in [2.24, 2.45) is 0 Å². The molecule has 0 unspecified atom stereocenters. The third-order valence-corrected chi connectivity index (χ3v) is 2.00. The first kappa shape index (κ1) is 9.35. The molecule has 15 heavy (non-hydrogen) atoms. The van der Waals surface area contributed by atoms with E-state index in [2.05, 4.69) is 9.97 Å². The SMILES string of the molecule is Cc1cc(C#N)nc(-c2ccccc2)n1. The molecule has 1 aromatic heterocycles. The Morgan fingerprint density at radius 1 is 1.13 bits per heavy atom. The van der Waals surface area contributed by atoms with Crippen molar-refractivity contribution in [3.05, 3.63) is 47.8 Å². The van der Waals surface area contributed by atoms with Crippen molar-refractivity contribution in [2.45, 2.75) is 6.92 Å². The summed E-state index contributed by atoms with van der Waals surface area (Å²) >= 11 is 0. The molecule has 3 nitrogen and oxygen atoms in total. The number of benzene rings is 1. The Balaban J connectivity index is 2.55. The first-order valence-corrected chi connectivity index (χ1v) is 4.61. The minimum Gasteiger partial charge on any atom is -0.233 e. The predicted molar refractivity (Wildman–Crippen MR) is 56.9 cm³/mol. The van der Waals surface area contributed by atoms with Crippen LogP contribution in [0.15, 0.2) is 36.4 Å². The second-order valence-electron chi connectivity index (χ2n) is 3.20. The second-order valence-corrected chi connectivity index (χ2v) is 3.20. The van der Waals surface area contributed by atoms with Gasteiger partial charge in [0.15, 0.2) is 5.82 Å². The lowest BCUT2D eigenvalue weighted by Gasteiger charge is -2.01. The van der Waals surface area contributed by atoms with Gasteiger partial charge in [0.2, 0.25) is 0 Å². The molecule has 1 aromatic carbocycles. The van der Waals surface area contributed by atoms with E-state index in [1.165, 1.54) is 0 Å². The van der Waals surface area contributed by atoms with E-state index in [1.807, 2.05) is 43.3 Å². The molecule has 0 saturated carbocycles. The quantitative estimate of drug-likeness (QED) is 0.701. The lowest BCUT2D eigenvalue weighted by molar-refractivity contribution is 1.09. The second kappa shape index (κ2) is 3.89. The highest BCUT2D eigenvalue weighted by Crippen LogP contribution is 2.14. The summed E-state index contributed by atoms with van der Waals surface area (Å²) in [5.41, 5.74) is 2.14. The smallest absolute Gasteiger partial charge is 0.160 e. The molecule has 0 saturated heterocycles. The molecule has 0 aliphatic heterocycles. The van der Waals surface area contributed by atoms with Crippen LogP contribution < -0.4 is 0 Å². The molecule has 0 bridgehead atoms. The number of hydrogen-bond donors (Lipinski definition) is 0. The van der Waals surface area contributed by atoms with Gasteiger partial charge in [0.1, 0.15) is 11.8 Å². The van der Waals surface area contributed by atoms with E-state index in [-0.39, 0.29) is 0 Å². The van der Waals surface area contributed by atoms with E-state index in [9.17, 15) is 0 Å². The summed E-state index contributed by atoms with van der Waals surface area (Å²) in [5, 5.41) is 8.79. The van der Waals surface area contributed by atoms with Crippen LogP contribution in [0, 0.1) is 18.3 Å². The topological polar surface area (TPSA) is 49.6 Å². The van der Waals surface area contributed by atoms with Crippen LogP contribution in [0.1, 0.15) is 11.4 Å². The predicted octanol–water partition coefficient (Wildman–Crippen LogP) is 2.32. The lowest BCUT2D eigenvalue weighted by atomic mass is 10.2. The maximum Gasteiger partial charge on any atom is 0.160 e. The summed E-state index contributed by atoms with van der Waals surface area (Å²) in [7, 11) is 0. The fourth-order valence-electron chi connectivity index (χ4n) is 1.34. The van der Waals surface area contributed by atoms with Gasteiger partial charge in [-0.25, -0.2) is 9.97 Å². The lowest BCUT2D eigenvalue weighted by Crippen LogP contribution is -1.94. The maximum absolute atomic E-state index is 8.79. The molecule has 2 aromatic rings. The molecule has 72 valence electrons. The van der Waals surface area contributed by atoms with Crippen LogP contribution in [0.25, 0.3) is 11.4 Å². The summed E-state index contributed by atoms with van der Waals surface area (Å²) in [6, 6.07) is 13.3. The highest BCUT2D eigenvalue weighted by molar-refractivity contribution is 5.55. The van der Waals surface area contributed by atoms with Gasteiger partial charge in [-0.1, -0.05) is 30.3 Å². The minimum absolute atomic E-state index is 0.404. The van der Waals surface area contributed by atoms with Crippen LogP contribution in [0.5, 0.6) is 0 Å². The Morgan fingerprint density at radius 3 is 2.53 bits per heavy atom. The maximum atomic E-state index is 8.79. The highest BCUT2D eigenvalue weighted by atomic mass is 14.9. The summed E-state index contributed by atoms with van der Waals surface area (Å²) in [5.74, 6) is 0.604. The molecule has 2 rings (SSSR count). The Morgan fingerprint density at radius 2 is 1.87 bits per heavy atom. The summed E-state index contributed by atoms with van der Waals surface area (Å²) in [6.07, 6.45) is 0. The normalized spacial score (nSPS) is 9.60. The monoisotopic (exact) mass is 195 g/mol. The fourth-order valence-corrected chi connectivity index (χ4v) is 1.34. The minimum atomic E-state index is 0.404. The largest absolute Gasteiger partial charge is 0.233 e. The first-order chi connectivity index (χ1) is 7.29. The van der Waals surface area contributed by atoms with Crippen molar-refractivity contribution in [1.29, 1.82) is 5.26 Å². The zero-order valence-electron chi connectivity index (χ0n) is 8.31. The van der Waals surface area contributed by atoms with E-state index in [1.54, 1.807) is 6.07 Å². The molecule has 3 heteroatoms. The number of nitriles is 1. The van der Waals surface area contributed by atoms with E-state index in [0.29, 0.717) is 11.5 Å². The Bertz CT molecular complexity index is 512. The van der Waals surface area contributed by atoms with Gasteiger partial charge in [-0.2, -0.15) is 5.26 Å². The molecule has 0 aliphatic rings. The van der Waals surface area contributed by atoms with Gasteiger partial charge in [-0.15, -0.1) is 0 Å². The van der Waals surface area contributed by atoms with Gasteiger partial charge >= 0.3 is 0 Å². The molecule has 0 radical (unpaired) electrons. The van der Waals surface area contributed by atoms with Gasteiger partial charge in [-0.3, -0.25) is 0 Å². The van der Waals surface area contributed by atoms with Crippen molar-refractivity contribution in [3.8, 4) is 17.5 Å². The molecule has 0 aliphatic carbocycles. The van der Waals surface area contributed by atoms with Gasteiger partial charge in [0.25, 0.3) is 0 Å². The number of aryl methyl sites for hydroxylation is 1. The molecule has 0 fully saturated rings. The molecule has 0 atom stereocenters. The average molecular weight is 195 g/mol. The van der Waals surface area contributed by atoms with E-state index < -0.39 is 0 Å². The number of hydrogen-bond acceptors (Lipinski definition) is 3. The number of rotatable bonds is 1. The molecule has 1 heterocycles. The third-order valence-electron chi connectivity index (χ3n) is 2.00. The Hall–Kier alpha value is -2.21. The van der Waals surface area contributed by atoms with Crippen LogP contribution in [0.4, 0.5) is 0 Å². The van der Waals surface area contributed by atoms with Gasteiger partial charge in [0, 0.05) is 11.3 Å². The van der Waals surface area contributed by atoms with Crippen molar-refractivity contribution >= 4 is 0 Å². The van der Waals surface area contributed by atoms with Crippen molar-refractivity contribution in [2.75, 3.05) is 0 Å². The van der Waals surface area contributed by atoms with E-state index >= 15 is 0 Å². The van der Waals surface area contributed by atoms with Crippen LogP contribution >= 0.6 is 0 Å². The third kappa shape index (κ3) is 2.00. The van der Waals surface area contributed by atoms with Crippen LogP contribution in [-0.2, 0) is 0 Å². The molecule has 0 amide bonds. The van der Waals surface area contributed by atoms with Crippen LogP contribution in [0.3, 0.4) is 0 Å². The summed E-state index contributed by atoms with van der Waals surface area (Å²) < 4.78 is 0. The van der Waals surface area contributed by atoms with Crippen molar-refractivity contribution < 1.29 is 0 Å². The van der Waals surface area contributed by atoms with Crippen molar-refractivity contribution in [3.63, 3.8) is 0 Å². The highest BCUT2D eigenvalue weighted by Gasteiger charge is 2.03. The van der Waals surface area contributed by atoms with Gasteiger partial charge < -0.3 is 0 Å². The average Bonchev–Trinajstić information content (AvgIpc) is 2.29.